The third kappa shape index (κ3) is 3.96. The Morgan fingerprint density at radius 2 is 1.80 bits per heavy atom. The number of anilines is 1. The standard InChI is InChI=1S/C13H15ClN4O2/c1-3-15-11-16-12(19-2)18-13(17-11)20-8-9-4-6-10(14)7-5-9/h4-7H,3,8H2,1-2H3,(H,15,16,17,18). The quantitative estimate of drug-likeness (QED) is 0.883. The normalized spacial score (nSPS) is 10.2. The van der Waals surface area contributed by atoms with Crippen molar-refractivity contribution in [1.29, 1.82) is 0 Å². The molecule has 0 unspecified atom stereocenters. The largest absolute Gasteiger partial charge is 0.467 e. The van der Waals surface area contributed by atoms with Gasteiger partial charge < -0.3 is 14.8 Å². The Bertz CT molecular complexity index is 563. The van der Waals surface area contributed by atoms with Gasteiger partial charge in [-0.3, -0.25) is 0 Å². The molecule has 20 heavy (non-hydrogen) atoms. The lowest BCUT2D eigenvalue weighted by molar-refractivity contribution is 0.271. The summed E-state index contributed by atoms with van der Waals surface area (Å²) in [7, 11) is 1.49. The van der Waals surface area contributed by atoms with Crippen LogP contribution in [0.5, 0.6) is 12.0 Å². The molecule has 0 amide bonds. The Hall–Kier alpha value is -2.08. The lowest BCUT2D eigenvalue weighted by atomic mass is 10.2. The first-order valence-corrected chi connectivity index (χ1v) is 6.50. The van der Waals surface area contributed by atoms with Crippen molar-refractivity contribution in [2.24, 2.45) is 0 Å². The molecule has 0 aliphatic rings. The van der Waals surface area contributed by atoms with Crippen LogP contribution in [0.3, 0.4) is 0 Å². The number of nitrogens with zero attached hydrogens (tertiary/aromatic N) is 3. The van der Waals surface area contributed by atoms with E-state index in [-0.39, 0.29) is 12.0 Å². The van der Waals surface area contributed by atoms with Crippen molar-refractivity contribution in [2.45, 2.75) is 13.5 Å². The second-order valence-electron chi connectivity index (χ2n) is 3.87. The van der Waals surface area contributed by atoms with Gasteiger partial charge in [0.15, 0.2) is 0 Å². The molecule has 2 rings (SSSR count). The molecule has 0 bridgehead atoms. The van der Waals surface area contributed by atoms with E-state index >= 15 is 0 Å². The molecular weight excluding hydrogens is 280 g/mol. The minimum Gasteiger partial charge on any atom is -0.467 e. The molecule has 0 radical (unpaired) electrons. The molecule has 106 valence electrons. The summed E-state index contributed by atoms with van der Waals surface area (Å²) in [6.45, 7) is 2.99. The van der Waals surface area contributed by atoms with Crippen LogP contribution in [0.1, 0.15) is 12.5 Å². The van der Waals surface area contributed by atoms with Gasteiger partial charge in [-0.25, -0.2) is 0 Å². The molecule has 0 spiro atoms. The topological polar surface area (TPSA) is 69.2 Å². The first kappa shape index (κ1) is 14.3. The predicted octanol–water partition coefficient (Wildman–Crippen LogP) is 2.54. The molecule has 2 aromatic rings. The highest BCUT2D eigenvalue weighted by Crippen LogP contribution is 2.15. The Labute approximate surface area is 122 Å². The molecule has 1 heterocycles. The highest BCUT2D eigenvalue weighted by Gasteiger charge is 2.07. The number of rotatable bonds is 6. The summed E-state index contributed by atoms with van der Waals surface area (Å²) in [4.78, 5) is 12.2. The summed E-state index contributed by atoms with van der Waals surface area (Å²) in [5.41, 5.74) is 0.971. The van der Waals surface area contributed by atoms with E-state index < -0.39 is 0 Å². The maximum absolute atomic E-state index is 5.83. The fourth-order valence-corrected chi connectivity index (χ4v) is 1.59. The van der Waals surface area contributed by atoms with E-state index in [4.69, 9.17) is 21.1 Å². The zero-order valence-corrected chi connectivity index (χ0v) is 12.0. The van der Waals surface area contributed by atoms with Crippen molar-refractivity contribution < 1.29 is 9.47 Å². The predicted molar refractivity (Wildman–Crippen MR) is 76.3 cm³/mol. The summed E-state index contributed by atoms with van der Waals surface area (Å²) in [5.74, 6) is 0.422. The molecule has 1 N–H and O–H groups in total. The van der Waals surface area contributed by atoms with Gasteiger partial charge in [0.05, 0.1) is 7.11 Å². The molecule has 0 saturated heterocycles. The van der Waals surface area contributed by atoms with Crippen LogP contribution in [0.25, 0.3) is 0 Å². The number of halogens is 1. The molecular formula is C13H15ClN4O2. The third-order valence-corrected chi connectivity index (χ3v) is 2.65. The minimum atomic E-state index is 0.210. The van der Waals surface area contributed by atoms with E-state index in [9.17, 15) is 0 Å². The van der Waals surface area contributed by atoms with E-state index in [1.165, 1.54) is 7.11 Å². The monoisotopic (exact) mass is 294 g/mol. The molecule has 0 saturated carbocycles. The van der Waals surface area contributed by atoms with Crippen molar-refractivity contribution in [2.75, 3.05) is 19.0 Å². The zero-order valence-electron chi connectivity index (χ0n) is 11.3. The molecule has 1 aromatic carbocycles. The van der Waals surface area contributed by atoms with Crippen molar-refractivity contribution in [3.63, 3.8) is 0 Å². The van der Waals surface area contributed by atoms with Crippen LogP contribution >= 0.6 is 11.6 Å². The van der Waals surface area contributed by atoms with Crippen molar-refractivity contribution in [1.82, 2.24) is 15.0 Å². The van der Waals surface area contributed by atoms with Gasteiger partial charge in [0.25, 0.3) is 0 Å². The summed E-state index contributed by atoms with van der Waals surface area (Å²) in [6, 6.07) is 7.79. The first-order valence-electron chi connectivity index (χ1n) is 6.12. The fourth-order valence-electron chi connectivity index (χ4n) is 1.46. The van der Waals surface area contributed by atoms with Gasteiger partial charge in [-0.2, -0.15) is 9.97 Å². The van der Waals surface area contributed by atoms with Gasteiger partial charge in [-0.1, -0.05) is 23.7 Å². The number of nitrogens with one attached hydrogen (secondary N) is 1. The van der Waals surface area contributed by atoms with Crippen LogP contribution in [0.4, 0.5) is 5.95 Å². The number of aromatic nitrogens is 3. The summed E-state index contributed by atoms with van der Waals surface area (Å²) in [6.07, 6.45) is 0. The number of benzene rings is 1. The van der Waals surface area contributed by atoms with Crippen LogP contribution in [-0.2, 0) is 6.61 Å². The summed E-state index contributed by atoms with van der Waals surface area (Å²) < 4.78 is 10.5. The average molecular weight is 295 g/mol. The fraction of sp³-hybridized carbons (Fsp3) is 0.308. The van der Waals surface area contributed by atoms with E-state index in [2.05, 4.69) is 20.3 Å². The highest BCUT2D eigenvalue weighted by molar-refractivity contribution is 6.30. The number of hydrogen-bond acceptors (Lipinski definition) is 6. The molecule has 0 atom stereocenters. The highest BCUT2D eigenvalue weighted by atomic mass is 35.5. The molecule has 1 aromatic heterocycles. The molecule has 7 heteroatoms. The molecule has 0 fully saturated rings. The lowest BCUT2D eigenvalue weighted by Gasteiger charge is -2.08. The van der Waals surface area contributed by atoms with E-state index in [1.807, 2.05) is 19.1 Å². The van der Waals surface area contributed by atoms with E-state index in [1.54, 1.807) is 12.1 Å². The second-order valence-corrected chi connectivity index (χ2v) is 4.31. The third-order valence-electron chi connectivity index (χ3n) is 2.39. The van der Waals surface area contributed by atoms with E-state index in [0.29, 0.717) is 24.1 Å². The SMILES string of the molecule is CCNc1nc(OC)nc(OCc2ccc(Cl)cc2)n1. The summed E-state index contributed by atoms with van der Waals surface area (Å²) >= 11 is 5.83. The lowest BCUT2D eigenvalue weighted by Crippen LogP contribution is -2.07. The molecule has 6 nitrogen and oxygen atoms in total. The average Bonchev–Trinajstić information content (AvgIpc) is 2.47. The van der Waals surface area contributed by atoms with E-state index in [0.717, 1.165) is 5.56 Å². The molecule has 0 aliphatic carbocycles. The van der Waals surface area contributed by atoms with Gasteiger partial charge >= 0.3 is 12.0 Å². The summed E-state index contributed by atoms with van der Waals surface area (Å²) in [5, 5.41) is 3.67. The Morgan fingerprint density at radius 1 is 1.10 bits per heavy atom. The van der Waals surface area contributed by atoms with Crippen LogP contribution in [0.2, 0.25) is 5.02 Å². The maximum Gasteiger partial charge on any atom is 0.324 e. The van der Waals surface area contributed by atoms with Crippen molar-refractivity contribution >= 4 is 17.5 Å². The Balaban J connectivity index is 2.07. The number of hydrogen-bond donors (Lipinski definition) is 1. The van der Waals surface area contributed by atoms with Gasteiger partial charge in [0, 0.05) is 11.6 Å². The zero-order chi connectivity index (χ0) is 14.4. The van der Waals surface area contributed by atoms with Gasteiger partial charge in [-0.15, -0.1) is 4.98 Å². The van der Waals surface area contributed by atoms with Gasteiger partial charge in [0.1, 0.15) is 6.61 Å². The second kappa shape index (κ2) is 6.91. The van der Waals surface area contributed by atoms with Gasteiger partial charge in [-0.05, 0) is 24.6 Å². The van der Waals surface area contributed by atoms with Crippen LogP contribution in [-0.4, -0.2) is 28.6 Å². The smallest absolute Gasteiger partial charge is 0.324 e. The number of methoxy groups -OCH3 is 1. The maximum atomic E-state index is 5.83. The Morgan fingerprint density at radius 3 is 2.45 bits per heavy atom. The molecule has 0 aliphatic heterocycles. The van der Waals surface area contributed by atoms with Crippen LogP contribution in [0, 0.1) is 0 Å². The Kier molecular flexibility index (Phi) is 4.95. The minimum absolute atomic E-state index is 0.210. The van der Waals surface area contributed by atoms with Crippen LogP contribution in [0.15, 0.2) is 24.3 Å². The van der Waals surface area contributed by atoms with Crippen molar-refractivity contribution in [3.8, 4) is 12.0 Å². The van der Waals surface area contributed by atoms with Gasteiger partial charge in [0.2, 0.25) is 5.95 Å². The number of ether oxygens (including phenoxy) is 2. The van der Waals surface area contributed by atoms with Crippen LogP contribution < -0.4 is 14.8 Å². The first-order chi connectivity index (χ1) is 9.71. The van der Waals surface area contributed by atoms with Crippen molar-refractivity contribution in [3.05, 3.63) is 34.9 Å².